The first-order valence-electron chi connectivity index (χ1n) is 3.87. The number of halogens is 2. The Bertz CT molecular complexity index is 286. The Kier molecular flexibility index (Phi) is 2.57. The fraction of sp³-hybridized carbons (Fsp3) is 0.400. The van der Waals surface area contributed by atoms with E-state index < -0.39 is 0 Å². The highest BCUT2D eigenvalue weighted by molar-refractivity contribution is 9.10. The minimum absolute atomic E-state index is 0.120. The van der Waals surface area contributed by atoms with E-state index in [9.17, 15) is 4.39 Å². The van der Waals surface area contributed by atoms with Gasteiger partial charge in [-0.25, -0.2) is 4.39 Å². The summed E-state index contributed by atoms with van der Waals surface area (Å²) in [6.45, 7) is 6.00. The molecule has 0 aliphatic heterocycles. The van der Waals surface area contributed by atoms with Crippen molar-refractivity contribution < 1.29 is 4.39 Å². The van der Waals surface area contributed by atoms with Gasteiger partial charge in [-0.1, -0.05) is 42.8 Å². The molecule has 1 aromatic rings. The molecule has 0 fully saturated rings. The number of hydrogen-bond acceptors (Lipinski definition) is 0. The van der Waals surface area contributed by atoms with Crippen LogP contribution in [-0.4, -0.2) is 0 Å². The molecule has 0 N–H and O–H groups in total. The summed E-state index contributed by atoms with van der Waals surface area (Å²) in [5.74, 6) is -0.142. The Morgan fingerprint density at radius 2 is 1.83 bits per heavy atom. The molecule has 12 heavy (non-hydrogen) atoms. The minimum atomic E-state index is -0.142. The third-order valence-electron chi connectivity index (χ3n) is 1.74. The van der Waals surface area contributed by atoms with Gasteiger partial charge in [-0.05, 0) is 23.1 Å². The van der Waals surface area contributed by atoms with Crippen molar-refractivity contribution in [1.29, 1.82) is 0 Å². The summed E-state index contributed by atoms with van der Waals surface area (Å²) in [5.41, 5.74) is 0.635. The highest BCUT2D eigenvalue weighted by Crippen LogP contribution is 2.26. The summed E-state index contributed by atoms with van der Waals surface area (Å²) in [4.78, 5) is 0. The maximum Gasteiger partial charge on any atom is 0.128 e. The monoisotopic (exact) mass is 230 g/mol. The van der Waals surface area contributed by atoms with Crippen molar-refractivity contribution in [2.45, 2.75) is 26.2 Å². The van der Waals surface area contributed by atoms with Crippen LogP contribution in [0.3, 0.4) is 0 Å². The lowest BCUT2D eigenvalue weighted by Crippen LogP contribution is -2.13. The Balaban J connectivity index is 3.19. The third kappa shape index (κ3) is 2.07. The summed E-state index contributed by atoms with van der Waals surface area (Å²) in [7, 11) is 0. The van der Waals surface area contributed by atoms with E-state index in [2.05, 4.69) is 15.9 Å². The third-order valence-corrected chi connectivity index (χ3v) is 2.23. The van der Waals surface area contributed by atoms with Crippen molar-refractivity contribution in [2.24, 2.45) is 0 Å². The quantitative estimate of drug-likeness (QED) is 0.635. The van der Waals surface area contributed by atoms with E-state index in [1.807, 2.05) is 32.9 Å². The van der Waals surface area contributed by atoms with Crippen LogP contribution in [0, 0.1) is 5.82 Å². The van der Waals surface area contributed by atoms with Crippen molar-refractivity contribution in [3.63, 3.8) is 0 Å². The van der Waals surface area contributed by atoms with Gasteiger partial charge in [0.2, 0.25) is 0 Å². The SMILES string of the molecule is CC(C)(C)c1ccc(Br)cc1F. The second kappa shape index (κ2) is 3.17. The molecule has 0 aliphatic carbocycles. The first-order chi connectivity index (χ1) is 5.41. The van der Waals surface area contributed by atoms with Gasteiger partial charge in [-0.15, -0.1) is 0 Å². The zero-order valence-electron chi connectivity index (χ0n) is 7.49. The van der Waals surface area contributed by atoms with Crippen LogP contribution in [-0.2, 0) is 5.41 Å². The van der Waals surface area contributed by atoms with Crippen LogP contribution in [0.1, 0.15) is 26.3 Å². The van der Waals surface area contributed by atoms with Gasteiger partial charge >= 0.3 is 0 Å². The Hall–Kier alpha value is -0.370. The first-order valence-corrected chi connectivity index (χ1v) is 4.66. The average molecular weight is 231 g/mol. The standard InChI is InChI=1S/C10H12BrF/c1-10(2,3)8-5-4-7(11)6-9(8)12/h4-6H,1-3H3. The predicted octanol–water partition coefficient (Wildman–Crippen LogP) is 3.89. The molecular weight excluding hydrogens is 219 g/mol. The van der Waals surface area contributed by atoms with E-state index >= 15 is 0 Å². The lowest BCUT2D eigenvalue weighted by Gasteiger charge is -2.19. The summed E-state index contributed by atoms with van der Waals surface area (Å²) < 4.78 is 14.1. The van der Waals surface area contributed by atoms with Crippen LogP contribution in [0.25, 0.3) is 0 Å². The highest BCUT2D eigenvalue weighted by Gasteiger charge is 2.17. The summed E-state index contributed by atoms with van der Waals surface area (Å²) in [6.07, 6.45) is 0. The average Bonchev–Trinajstić information content (AvgIpc) is 1.83. The lowest BCUT2D eigenvalue weighted by molar-refractivity contribution is 0.522. The Morgan fingerprint density at radius 3 is 2.25 bits per heavy atom. The molecule has 0 spiro atoms. The molecule has 66 valence electrons. The summed E-state index contributed by atoms with van der Waals surface area (Å²) >= 11 is 3.22. The van der Waals surface area contributed by atoms with Crippen LogP contribution in [0.4, 0.5) is 4.39 Å². The number of benzene rings is 1. The second-order valence-electron chi connectivity index (χ2n) is 3.87. The van der Waals surface area contributed by atoms with Crippen LogP contribution >= 0.6 is 15.9 Å². The zero-order chi connectivity index (χ0) is 9.35. The van der Waals surface area contributed by atoms with Gasteiger partial charge in [0.25, 0.3) is 0 Å². The van der Waals surface area contributed by atoms with Crippen molar-refractivity contribution in [2.75, 3.05) is 0 Å². The molecule has 0 radical (unpaired) electrons. The summed E-state index contributed by atoms with van der Waals surface area (Å²) in [5, 5.41) is 0. The molecule has 0 saturated carbocycles. The van der Waals surface area contributed by atoms with Gasteiger partial charge in [0, 0.05) is 4.47 Å². The molecule has 0 heterocycles. The molecule has 1 rings (SSSR count). The van der Waals surface area contributed by atoms with E-state index in [1.165, 1.54) is 6.07 Å². The van der Waals surface area contributed by atoms with E-state index in [0.717, 1.165) is 10.0 Å². The van der Waals surface area contributed by atoms with Gasteiger partial charge in [0.15, 0.2) is 0 Å². The van der Waals surface area contributed by atoms with Crippen LogP contribution in [0.5, 0.6) is 0 Å². The fourth-order valence-electron chi connectivity index (χ4n) is 1.10. The van der Waals surface area contributed by atoms with Gasteiger partial charge in [0.05, 0.1) is 0 Å². The van der Waals surface area contributed by atoms with Crippen molar-refractivity contribution in [1.82, 2.24) is 0 Å². The van der Waals surface area contributed by atoms with Crippen LogP contribution < -0.4 is 0 Å². The normalized spacial score (nSPS) is 11.8. The Labute approximate surface area is 80.9 Å². The largest absolute Gasteiger partial charge is 0.207 e. The number of rotatable bonds is 0. The van der Waals surface area contributed by atoms with Crippen LogP contribution in [0.15, 0.2) is 22.7 Å². The molecule has 0 amide bonds. The molecule has 2 heteroatoms. The van der Waals surface area contributed by atoms with Gasteiger partial charge in [0.1, 0.15) is 5.82 Å². The molecule has 0 aliphatic rings. The van der Waals surface area contributed by atoms with E-state index in [1.54, 1.807) is 0 Å². The predicted molar refractivity (Wildman–Crippen MR) is 52.8 cm³/mol. The fourth-order valence-corrected chi connectivity index (χ4v) is 1.43. The molecule has 0 nitrogen and oxygen atoms in total. The highest BCUT2D eigenvalue weighted by atomic mass is 79.9. The molecule has 0 bridgehead atoms. The molecule has 0 aromatic heterocycles. The smallest absolute Gasteiger partial charge is 0.128 e. The topological polar surface area (TPSA) is 0 Å². The maximum atomic E-state index is 13.3. The van der Waals surface area contributed by atoms with Crippen molar-refractivity contribution in [3.8, 4) is 0 Å². The van der Waals surface area contributed by atoms with Gasteiger partial charge in [-0.3, -0.25) is 0 Å². The lowest BCUT2D eigenvalue weighted by atomic mass is 9.87. The number of hydrogen-bond donors (Lipinski definition) is 0. The van der Waals surface area contributed by atoms with Crippen LogP contribution in [0.2, 0.25) is 0 Å². The zero-order valence-corrected chi connectivity index (χ0v) is 9.07. The molecule has 1 aromatic carbocycles. The van der Waals surface area contributed by atoms with Gasteiger partial charge in [-0.2, -0.15) is 0 Å². The van der Waals surface area contributed by atoms with Crippen molar-refractivity contribution >= 4 is 15.9 Å². The van der Waals surface area contributed by atoms with Crippen molar-refractivity contribution in [3.05, 3.63) is 34.1 Å². The minimum Gasteiger partial charge on any atom is -0.207 e. The first kappa shape index (κ1) is 9.72. The molecular formula is C10H12BrF. The molecule has 0 atom stereocenters. The van der Waals surface area contributed by atoms with E-state index in [0.29, 0.717) is 0 Å². The van der Waals surface area contributed by atoms with E-state index in [-0.39, 0.29) is 11.2 Å². The van der Waals surface area contributed by atoms with E-state index in [4.69, 9.17) is 0 Å². The summed E-state index contributed by atoms with van der Waals surface area (Å²) in [6, 6.07) is 5.18. The maximum absolute atomic E-state index is 13.3. The van der Waals surface area contributed by atoms with Gasteiger partial charge < -0.3 is 0 Å². The Morgan fingerprint density at radius 1 is 1.25 bits per heavy atom. The second-order valence-corrected chi connectivity index (χ2v) is 4.79. The molecule has 0 unspecified atom stereocenters. The molecule has 0 saturated heterocycles.